The molecule has 0 spiro atoms. The highest BCUT2D eigenvalue weighted by Crippen LogP contribution is 2.34. The zero-order valence-corrected chi connectivity index (χ0v) is 15.6. The molecule has 1 heterocycles. The lowest BCUT2D eigenvalue weighted by Gasteiger charge is -2.17. The van der Waals surface area contributed by atoms with Gasteiger partial charge < -0.3 is 15.0 Å². The smallest absolute Gasteiger partial charge is 0.341 e. The zero-order valence-electron chi connectivity index (χ0n) is 13.2. The molecule has 128 valence electrons. The summed E-state index contributed by atoms with van der Waals surface area (Å²) in [5, 5.41) is 2.66. The number of ether oxygens (including phenoxy) is 1. The van der Waals surface area contributed by atoms with Crippen LogP contribution in [0.3, 0.4) is 0 Å². The highest BCUT2D eigenvalue weighted by Gasteiger charge is 2.28. The van der Waals surface area contributed by atoms with Crippen molar-refractivity contribution in [3.63, 3.8) is 0 Å². The summed E-state index contributed by atoms with van der Waals surface area (Å²) >= 11 is 12.0. The van der Waals surface area contributed by atoms with E-state index in [0.717, 1.165) is 11.3 Å². The molecule has 2 amide bonds. The topological polar surface area (TPSA) is 75.7 Å². The SMILES string of the molecule is CCN(CC)C(=O)c1sc(NC(=O)C(Cl)Cl)c(C(=O)OC)c1C. The number of thiophene rings is 1. The molecule has 0 aromatic carbocycles. The molecule has 0 saturated heterocycles. The van der Waals surface area contributed by atoms with Crippen molar-refractivity contribution >= 4 is 57.3 Å². The molecule has 0 fully saturated rings. The van der Waals surface area contributed by atoms with Gasteiger partial charge in [0.05, 0.1) is 17.6 Å². The first-order valence-corrected chi connectivity index (χ1v) is 8.57. The van der Waals surface area contributed by atoms with Gasteiger partial charge >= 0.3 is 5.97 Å². The number of hydrogen-bond acceptors (Lipinski definition) is 5. The second kappa shape index (κ2) is 8.52. The van der Waals surface area contributed by atoms with Crippen LogP contribution in [-0.2, 0) is 9.53 Å². The molecule has 1 rings (SSSR count). The number of nitrogens with one attached hydrogen (secondary N) is 1. The van der Waals surface area contributed by atoms with Gasteiger partial charge in [-0.3, -0.25) is 9.59 Å². The largest absolute Gasteiger partial charge is 0.465 e. The molecule has 0 bridgehead atoms. The van der Waals surface area contributed by atoms with Gasteiger partial charge in [-0.05, 0) is 26.3 Å². The Kier molecular flexibility index (Phi) is 7.31. The fourth-order valence-electron chi connectivity index (χ4n) is 1.97. The molecule has 0 unspecified atom stereocenters. The van der Waals surface area contributed by atoms with E-state index in [1.165, 1.54) is 7.11 Å². The number of hydrogen-bond donors (Lipinski definition) is 1. The van der Waals surface area contributed by atoms with E-state index < -0.39 is 16.7 Å². The van der Waals surface area contributed by atoms with Gasteiger partial charge in [-0.15, -0.1) is 11.3 Å². The normalized spacial score (nSPS) is 10.6. The van der Waals surface area contributed by atoms with Crippen LogP contribution in [0.2, 0.25) is 0 Å². The van der Waals surface area contributed by atoms with Crippen LogP contribution in [0, 0.1) is 6.92 Å². The van der Waals surface area contributed by atoms with Gasteiger partial charge in [0, 0.05) is 13.1 Å². The predicted octanol–water partition coefficient (Wildman–Crippen LogP) is 3.07. The number of alkyl halides is 2. The number of methoxy groups -OCH3 is 1. The van der Waals surface area contributed by atoms with Crippen LogP contribution in [0.1, 0.15) is 39.4 Å². The van der Waals surface area contributed by atoms with Gasteiger partial charge in [0.25, 0.3) is 11.8 Å². The molecule has 0 saturated carbocycles. The molecule has 0 atom stereocenters. The Morgan fingerprint density at radius 2 is 1.83 bits per heavy atom. The van der Waals surface area contributed by atoms with Crippen LogP contribution in [0.5, 0.6) is 0 Å². The third kappa shape index (κ3) is 4.37. The highest BCUT2D eigenvalue weighted by molar-refractivity contribution is 7.18. The lowest BCUT2D eigenvalue weighted by atomic mass is 10.1. The fraction of sp³-hybridized carbons (Fsp3) is 0.500. The van der Waals surface area contributed by atoms with Gasteiger partial charge in [0.2, 0.25) is 0 Å². The van der Waals surface area contributed by atoms with Crippen molar-refractivity contribution in [2.75, 3.05) is 25.5 Å². The number of esters is 1. The van der Waals surface area contributed by atoms with Crippen molar-refractivity contribution in [2.45, 2.75) is 25.6 Å². The maximum Gasteiger partial charge on any atom is 0.341 e. The first kappa shape index (κ1) is 19.7. The Morgan fingerprint density at radius 3 is 2.26 bits per heavy atom. The van der Waals surface area contributed by atoms with Gasteiger partial charge in [0.1, 0.15) is 5.00 Å². The molecular weight excluding hydrogens is 363 g/mol. The summed E-state index contributed by atoms with van der Waals surface area (Å²) in [5.41, 5.74) is 0.588. The number of rotatable bonds is 6. The number of anilines is 1. The van der Waals surface area contributed by atoms with Crippen molar-refractivity contribution < 1.29 is 19.1 Å². The standard InChI is InChI=1S/C14H18Cl2N2O4S/c1-5-18(6-2)13(20)9-7(3)8(14(21)22-4)12(23-9)17-11(19)10(15)16/h10H,5-6H2,1-4H3,(H,17,19). The Hall–Kier alpha value is -1.31. The minimum atomic E-state index is -1.29. The van der Waals surface area contributed by atoms with Crippen molar-refractivity contribution in [1.82, 2.24) is 4.90 Å². The average Bonchev–Trinajstić information content (AvgIpc) is 2.83. The summed E-state index contributed by atoms with van der Waals surface area (Å²) < 4.78 is 4.73. The van der Waals surface area contributed by atoms with Crippen LogP contribution >= 0.6 is 34.5 Å². The molecule has 1 aromatic rings. The van der Waals surface area contributed by atoms with E-state index in [2.05, 4.69) is 5.32 Å². The molecule has 0 aliphatic heterocycles. The number of amides is 2. The van der Waals surface area contributed by atoms with E-state index in [1.54, 1.807) is 11.8 Å². The Balaban J connectivity index is 3.35. The van der Waals surface area contributed by atoms with Crippen molar-refractivity contribution in [1.29, 1.82) is 0 Å². The maximum absolute atomic E-state index is 12.5. The number of carbonyl (C=O) groups is 3. The molecule has 0 aliphatic rings. The number of halogens is 2. The minimum absolute atomic E-state index is 0.135. The van der Waals surface area contributed by atoms with Crippen molar-refractivity contribution in [2.24, 2.45) is 0 Å². The monoisotopic (exact) mass is 380 g/mol. The molecule has 9 heteroatoms. The van der Waals surface area contributed by atoms with E-state index in [-0.39, 0.29) is 16.5 Å². The van der Waals surface area contributed by atoms with Crippen LogP contribution in [-0.4, -0.2) is 47.7 Å². The van der Waals surface area contributed by atoms with E-state index in [0.29, 0.717) is 23.5 Å². The summed E-state index contributed by atoms with van der Waals surface area (Å²) in [6, 6.07) is 0. The third-order valence-electron chi connectivity index (χ3n) is 3.22. The zero-order chi connectivity index (χ0) is 17.7. The van der Waals surface area contributed by atoms with Gasteiger partial charge in [-0.2, -0.15) is 0 Å². The number of carbonyl (C=O) groups excluding carboxylic acids is 3. The lowest BCUT2D eigenvalue weighted by Crippen LogP contribution is -2.30. The van der Waals surface area contributed by atoms with Crippen molar-refractivity contribution in [3.05, 3.63) is 16.0 Å². The predicted molar refractivity (Wildman–Crippen MR) is 91.8 cm³/mol. The Bertz CT molecular complexity index is 612. The summed E-state index contributed by atoms with van der Waals surface area (Å²) in [6.45, 7) is 6.43. The maximum atomic E-state index is 12.5. The minimum Gasteiger partial charge on any atom is -0.465 e. The molecule has 0 radical (unpaired) electrons. The average molecular weight is 381 g/mol. The fourth-order valence-corrected chi connectivity index (χ4v) is 3.25. The highest BCUT2D eigenvalue weighted by atomic mass is 35.5. The molecule has 0 aliphatic carbocycles. The molecule has 1 N–H and O–H groups in total. The van der Waals surface area contributed by atoms with E-state index >= 15 is 0 Å². The lowest BCUT2D eigenvalue weighted by molar-refractivity contribution is -0.114. The quantitative estimate of drug-likeness (QED) is 0.607. The number of nitrogens with zero attached hydrogens (tertiary/aromatic N) is 1. The summed E-state index contributed by atoms with van der Waals surface area (Å²) in [7, 11) is 1.23. The molecule has 23 heavy (non-hydrogen) atoms. The van der Waals surface area contributed by atoms with E-state index in [1.807, 2.05) is 13.8 Å². The van der Waals surface area contributed by atoms with Gasteiger partial charge in [-0.25, -0.2) is 4.79 Å². The van der Waals surface area contributed by atoms with Crippen LogP contribution in [0.15, 0.2) is 0 Å². The summed E-state index contributed by atoms with van der Waals surface area (Å²) in [5.74, 6) is -1.54. The first-order valence-electron chi connectivity index (χ1n) is 6.88. The van der Waals surface area contributed by atoms with Gasteiger partial charge in [0.15, 0.2) is 4.84 Å². The van der Waals surface area contributed by atoms with Crippen LogP contribution in [0.4, 0.5) is 5.00 Å². The molecule has 1 aromatic heterocycles. The van der Waals surface area contributed by atoms with Crippen LogP contribution in [0.25, 0.3) is 0 Å². The van der Waals surface area contributed by atoms with Crippen molar-refractivity contribution in [3.8, 4) is 0 Å². The van der Waals surface area contributed by atoms with Gasteiger partial charge in [-0.1, -0.05) is 23.2 Å². The Labute approximate surface area is 148 Å². The second-order valence-electron chi connectivity index (χ2n) is 4.52. The molecule has 6 nitrogen and oxygen atoms in total. The molecular formula is C14H18Cl2N2O4S. The Morgan fingerprint density at radius 1 is 1.26 bits per heavy atom. The van der Waals surface area contributed by atoms with E-state index in [9.17, 15) is 14.4 Å². The second-order valence-corrected chi connectivity index (χ2v) is 6.64. The third-order valence-corrected chi connectivity index (χ3v) is 4.81. The summed E-state index contributed by atoms with van der Waals surface area (Å²) in [6.07, 6.45) is 0. The van der Waals surface area contributed by atoms with Crippen LogP contribution < -0.4 is 5.32 Å². The van der Waals surface area contributed by atoms with E-state index in [4.69, 9.17) is 27.9 Å². The first-order chi connectivity index (χ1) is 10.8. The summed E-state index contributed by atoms with van der Waals surface area (Å²) in [4.78, 5) is 36.9.